The van der Waals surface area contributed by atoms with Gasteiger partial charge in [0.15, 0.2) is 0 Å². The van der Waals surface area contributed by atoms with Gasteiger partial charge in [-0.2, -0.15) is 0 Å². The van der Waals surface area contributed by atoms with Crippen molar-refractivity contribution < 1.29 is 4.39 Å². The number of aromatic amines is 1. The average Bonchev–Trinajstić information content (AvgIpc) is 2.77. The third kappa shape index (κ3) is 1.82. The molecule has 0 fully saturated rings. The summed E-state index contributed by atoms with van der Waals surface area (Å²) < 4.78 is 14.2. The Morgan fingerprint density at radius 2 is 2.06 bits per heavy atom. The molecule has 0 radical (unpaired) electrons. The Labute approximate surface area is 112 Å². The molecule has 0 saturated heterocycles. The van der Waals surface area contributed by atoms with E-state index in [4.69, 9.17) is 0 Å². The molecular weight excluding hydrogens is 295 g/mol. The maximum Gasteiger partial charge on any atom is 0.138 e. The van der Waals surface area contributed by atoms with Gasteiger partial charge in [-0.05, 0) is 52.7 Å². The van der Waals surface area contributed by atoms with Crippen LogP contribution < -0.4 is 0 Å². The molecule has 3 aromatic rings. The van der Waals surface area contributed by atoms with Gasteiger partial charge in [0.2, 0.25) is 0 Å². The van der Waals surface area contributed by atoms with Crippen LogP contribution in [0.4, 0.5) is 4.39 Å². The van der Waals surface area contributed by atoms with Gasteiger partial charge in [-0.1, -0.05) is 12.1 Å². The number of nitrogens with one attached hydrogen (secondary N) is 1. The maximum absolute atomic E-state index is 13.3. The minimum Gasteiger partial charge on any atom is -0.338 e. The Morgan fingerprint density at radius 3 is 2.83 bits per heavy atom. The van der Waals surface area contributed by atoms with Crippen LogP contribution in [0.1, 0.15) is 5.56 Å². The Bertz CT molecular complexity index is 734. The minimum atomic E-state index is -0.255. The summed E-state index contributed by atoms with van der Waals surface area (Å²) in [4.78, 5) is 7.73. The highest BCUT2D eigenvalue weighted by molar-refractivity contribution is 9.10. The van der Waals surface area contributed by atoms with Gasteiger partial charge in [0, 0.05) is 10.0 Å². The molecule has 0 aliphatic carbocycles. The standard InChI is InChI=1S/C14H10BrFN2/c1-8-5-6-9(16)7-10(8)14-17-12-4-2-3-11(15)13(12)18-14/h2-7H,1H3,(H,17,18). The molecule has 2 nitrogen and oxygen atoms in total. The smallest absolute Gasteiger partial charge is 0.138 e. The Morgan fingerprint density at radius 1 is 1.22 bits per heavy atom. The first-order valence-corrected chi connectivity index (χ1v) is 6.35. The van der Waals surface area contributed by atoms with E-state index in [9.17, 15) is 4.39 Å². The Balaban J connectivity index is 2.26. The number of imidazole rings is 1. The molecule has 0 atom stereocenters. The monoisotopic (exact) mass is 304 g/mol. The molecule has 1 N–H and O–H groups in total. The fraction of sp³-hybridized carbons (Fsp3) is 0.0714. The fourth-order valence-electron chi connectivity index (χ4n) is 1.97. The normalized spacial score (nSPS) is 11.1. The number of hydrogen-bond acceptors (Lipinski definition) is 1. The number of H-pyrrole nitrogens is 1. The van der Waals surface area contributed by atoms with Crippen LogP contribution in [0.2, 0.25) is 0 Å². The topological polar surface area (TPSA) is 28.7 Å². The third-order valence-corrected chi connectivity index (χ3v) is 3.56. The molecule has 0 saturated carbocycles. The van der Waals surface area contributed by atoms with E-state index in [1.54, 1.807) is 6.07 Å². The number of nitrogens with zero attached hydrogens (tertiary/aromatic N) is 1. The van der Waals surface area contributed by atoms with Gasteiger partial charge in [0.25, 0.3) is 0 Å². The lowest BCUT2D eigenvalue weighted by Gasteiger charge is -2.01. The van der Waals surface area contributed by atoms with Crippen molar-refractivity contribution in [1.29, 1.82) is 0 Å². The van der Waals surface area contributed by atoms with Crippen molar-refractivity contribution in [3.05, 3.63) is 52.3 Å². The van der Waals surface area contributed by atoms with E-state index in [0.29, 0.717) is 5.82 Å². The van der Waals surface area contributed by atoms with Gasteiger partial charge in [-0.25, -0.2) is 9.37 Å². The molecule has 0 aliphatic heterocycles. The summed E-state index contributed by atoms with van der Waals surface area (Å²) in [5, 5.41) is 0. The van der Waals surface area contributed by atoms with Crippen LogP contribution >= 0.6 is 15.9 Å². The minimum absolute atomic E-state index is 0.255. The van der Waals surface area contributed by atoms with E-state index < -0.39 is 0 Å². The first kappa shape index (κ1) is 11.4. The lowest BCUT2D eigenvalue weighted by molar-refractivity contribution is 0.628. The van der Waals surface area contributed by atoms with Crippen LogP contribution in [0.25, 0.3) is 22.4 Å². The van der Waals surface area contributed by atoms with Gasteiger partial charge in [0.1, 0.15) is 17.2 Å². The number of fused-ring (bicyclic) bond motifs is 1. The zero-order valence-corrected chi connectivity index (χ0v) is 11.3. The largest absolute Gasteiger partial charge is 0.338 e. The molecule has 3 rings (SSSR count). The second-order valence-electron chi connectivity index (χ2n) is 4.18. The van der Waals surface area contributed by atoms with Crippen molar-refractivity contribution in [2.75, 3.05) is 0 Å². The van der Waals surface area contributed by atoms with Crippen molar-refractivity contribution in [1.82, 2.24) is 9.97 Å². The van der Waals surface area contributed by atoms with E-state index >= 15 is 0 Å². The highest BCUT2D eigenvalue weighted by Crippen LogP contribution is 2.27. The highest BCUT2D eigenvalue weighted by atomic mass is 79.9. The summed E-state index contributed by atoms with van der Waals surface area (Å²) in [5.41, 5.74) is 3.57. The van der Waals surface area contributed by atoms with Crippen molar-refractivity contribution >= 4 is 27.0 Å². The third-order valence-electron chi connectivity index (χ3n) is 2.92. The summed E-state index contributed by atoms with van der Waals surface area (Å²) in [6.45, 7) is 1.94. The van der Waals surface area contributed by atoms with Gasteiger partial charge in [-0.15, -0.1) is 0 Å². The molecule has 1 heterocycles. The molecule has 1 aromatic heterocycles. The van der Waals surface area contributed by atoms with Crippen LogP contribution in [-0.4, -0.2) is 9.97 Å². The number of benzene rings is 2. The number of aryl methyl sites for hydroxylation is 1. The number of hydrogen-bond donors (Lipinski definition) is 1. The van der Waals surface area contributed by atoms with Crippen LogP contribution in [-0.2, 0) is 0 Å². The highest BCUT2D eigenvalue weighted by Gasteiger charge is 2.10. The molecule has 90 valence electrons. The second-order valence-corrected chi connectivity index (χ2v) is 5.03. The quantitative estimate of drug-likeness (QED) is 0.707. The van der Waals surface area contributed by atoms with Crippen LogP contribution in [0.15, 0.2) is 40.9 Å². The summed E-state index contributed by atoms with van der Waals surface area (Å²) in [6.07, 6.45) is 0. The van der Waals surface area contributed by atoms with E-state index in [0.717, 1.165) is 26.6 Å². The first-order valence-electron chi connectivity index (χ1n) is 5.56. The zero-order valence-electron chi connectivity index (χ0n) is 9.67. The predicted octanol–water partition coefficient (Wildman–Crippen LogP) is 4.44. The molecule has 0 spiro atoms. The molecular formula is C14H10BrFN2. The molecule has 4 heteroatoms. The molecule has 18 heavy (non-hydrogen) atoms. The number of aromatic nitrogens is 2. The Kier molecular flexibility index (Phi) is 2.67. The first-order chi connectivity index (χ1) is 8.65. The fourth-order valence-corrected chi connectivity index (χ4v) is 2.43. The summed E-state index contributed by atoms with van der Waals surface area (Å²) in [6, 6.07) is 10.5. The van der Waals surface area contributed by atoms with E-state index in [2.05, 4.69) is 25.9 Å². The average molecular weight is 305 g/mol. The number of rotatable bonds is 1. The van der Waals surface area contributed by atoms with Gasteiger partial charge in [-0.3, -0.25) is 0 Å². The number of para-hydroxylation sites is 1. The lowest BCUT2D eigenvalue weighted by Crippen LogP contribution is -1.87. The predicted molar refractivity (Wildman–Crippen MR) is 73.9 cm³/mol. The Hall–Kier alpha value is -1.68. The lowest BCUT2D eigenvalue weighted by atomic mass is 10.1. The summed E-state index contributed by atoms with van der Waals surface area (Å²) in [5.74, 6) is 0.434. The van der Waals surface area contributed by atoms with Crippen molar-refractivity contribution in [2.45, 2.75) is 6.92 Å². The van der Waals surface area contributed by atoms with Gasteiger partial charge in [0.05, 0.1) is 5.52 Å². The maximum atomic E-state index is 13.3. The molecule has 0 amide bonds. The SMILES string of the molecule is Cc1ccc(F)cc1-c1nc2c(Br)cccc2[nH]1. The van der Waals surface area contributed by atoms with E-state index in [-0.39, 0.29) is 5.82 Å². The molecule has 0 unspecified atom stereocenters. The van der Waals surface area contributed by atoms with Crippen LogP contribution in [0.3, 0.4) is 0 Å². The molecule has 0 aliphatic rings. The van der Waals surface area contributed by atoms with Gasteiger partial charge < -0.3 is 4.98 Å². The summed E-state index contributed by atoms with van der Waals surface area (Å²) >= 11 is 3.46. The summed E-state index contributed by atoms with van der Waals surface area (Å²) in [7, 11) is 0. The van der Waals surface area contributed by atoms with Crippen molar-refractivity contribution in [3.63, 3.8) is 0 Å². The zero-order chi connectivity index (χ0) is 12.7. The van der Waals surface area contributed by atoms with Gasteiger partial charge >= 0.3 is 0 Å². The van der Waals surface area contributed by atoms with Crippen molar-refractivity contribution in [3.8, 4) is 11.4 Å². The molecule has 2 aromatic carbocycles. The second kappa shape index (κ2) is 4.21. The van der Waals surface area contributed by atoms with E-state index in [1.807, 2.05) is 25.1 Å². The molecule has 0 bridgehead atoms. The van der Waals surface area contributed by atoms with Crippen LogP contribution in [0, 0.1) is 12.7 Å². The number of halogens is 2. The van der Waals surface area contributed by atoms with E-state index in [1.165, 1.54) is 12.1 Å². The van der Waals surface area contributed by atoms with Crippen molar-refractivity contribution in [2.24, 2.45) is 0 Å². The van der Waals surface area contributed by atoms with Crippen LogP contribution in [0.5, 0.6) is 0 Å².